The van der Waals surface area contributed by atoms with Crippen LogP contribution in [-0.2, 0) is 9.59 Å². The van der Waals surface area contributed by atoms with E-state index >= 15 is 0 Å². The first-order valence-corrected chi connectivity index (χ1v) is 10.7. The predicted molar refractivity (Wildman–Crippen MR) is 125 cm³/mol. The molecule has 162 valence electrons. The Morgan fingerprint density at radius 3 is 2.25 bits per heavy atom. The zero-order chi connectivity index (χ0) is 22.7. The van der Waals surface area contributed by atoms with Gasteiger partial charge >= 0.3 is 0 Å². The first-order valence-electron chi connectivity index (χ1n) is 10.7. The van der Waals surface area contributed by atoms with Gasteiger partial charge in [-0.2, -0.15) is 0 Å². The van der Waals surface area contributed by atoms with Crippen LogP contribution in [0.25, 0.3) is 5.76 Å². The molecule has 1 saturated heterocycles. The van der Waals surface area contributed by atoms with E-state index in [-0.39, 0.29) is 11.3 Å². The van der Waals surface area contributed by atoms with Gasteiger partial charge < -0.3 is 9.84 Å². The van der Waals surface area contributed by atoms with Crippen LogP contribution in [0, 0.1) is 6.92 Å². The summed E-state index contributed by atoms with van der Waals surface area (Å²) in [6.45, 7) is 4.52. The number of para-hydroxylation sites is 1. The van der Waals surface area contributed by atoms with E-state index in [2.05, 4.69) is 0 Å². The first-order chi connectivity index (χ1) is 15.5. The number of carbonyl (C=O) groups is 2. The standard InChI is InChI=1S/C27H25NO4/c1-3-16-32-22-15-14-20(17-18(22)2)25(29)23-24(19-10-6-4-7-11-19)28(27(31)26(23)30)21-12-8-5-9-13-21/h4-15,17,24,29H,3,16H2,1-2H3/b25-23-. The second kappa shape index (κ2) is 9.10. The monoisotopic (exact) mass is 427 g/mol. The minimum absolute atomic E-state index is 0.0756. The zero-order valence-electron chi connectivity index (χ0n) is 18.1. The largest absolute Gasteiger partial charge is 0.507 e. The topological polar surface area (TPSA) is 66.8 Å². The molecule has 1 fully saturated rings. The molecule has 0 aliphatic carbocycles. The number of anilines is 1. The molecule has 5 nitrogen and oxygen atoms in total. The molecule has 0 aromatic heterocycles. The van der Waals surface area contributed by atoms with E-state index in [1.807, 2.05) is 62.4 Å². The number of aliphatic hydroxyl groups is 1. The average Bonchev–Trinajstić information content (AvgIpc) is 3.09. The summed E-state index contributed by atoms with van der Waals surface area (Å²) in [6.07, 6.45) is 0.890. The summed E-state index contributed by atoms with van der Waals surface area (Å²) in [4.78, 5) is 27.7. The number of rotatable bonds is 6. The van der Waals surface area contributed by atoms with Crippen molar-refractivity contribution in [1.29, 1.82) is 0 Å². The summed E-state index contributed by atoms with van der Waals surface area (Å²) < 4.78 is 5.72. The predicted octanol–water partition coefficient (Wildman–Crippen LogP) is 5.41. The van der Waals surface area contributed by atoms with E-state index in [1.165, 1.54) is 4.90 Å². The number of aliphatic hydroxyl groups excluding tert-OH is 1. The van der Waals surface area contributed by atoms with Crippen molar-refractivity contribution in [3.8, 4) is 5.75 Å². The SMILES string of the molecule is CCCOc1ccc(/C(O)=C2/C(=O)C(=O)N(c3ccccc3)C2c2ccccc2)cc1C. The molecule has 5 heteroatoms. The number of hydrogen-bond donors (Lipinski definition) is 1. The third kappa shape index (κ3) is 3.89. The average molecular weight is 428 g/mol. The Balaban J connectivity index is 1.85. The first kappa shape index (κ1) is 21.4. The highest BCUT2D eigenvalue weighted by Crippen LogP contribution is 2.42. The fraction of sp³-hybridized carbons (Fsp3) is 0.185. The Hall–Kier alpha value is -3.86. The summed E-state index contributed by atoms with van der Waals surface area (Å²) in [5.41, 5.74) is 2.74. The molecular formula is C27H25NO4. The van der Waals surface area contributed by atoms with Crippen molar-refractivity contribution in [2.45, 2.75) is 26.3 Å². The van der Waals surface area contributed by atoms with Gasteiger partial charge in [0.2, 0.25) is 0 Å². The molecule has 1 heterocycles. The van der Waals surface area contributed by atoms with Crippen LogP contribution in [0.3, 0.4) is 0 Å². The molecule has 1 atom stereocenters. The number of ketones is 1. The zero-order valence-corrected chi connectivity index (χ0v) is 18.1. The molecule has 1 N–H and O–H groups in total. The van der Waals surface area contributed by atoms with E-state index in [1.54, 1.807) is 30.3 Å². The Kier molecular flexibility index (Phi) is 6.08. The van der Waals surface area contributed by atoms with Gasteiger partial charge in [0.15, 0.2) is 0 Å². The van der Waals surface area contributed by atoms with Crippen molar-refractivity contribution in [1.82, 2.24) is 0 Å². The normalized spacial score (nSPS) is 17.6. The van der Waals surface area contributed by atoms with Gasteiger partial charge in [-0.3, -0.25) is 14.5 Å². The van der Waals surface area contributed by atoms with Crippen molar-refractivity contribution in [3.05, 3.63) is 101 Å². The number of carbonyl (C=O) groups excluding carboxylic acids is 2. The van der Waals surface area contributed by atoms with Gasteiger partial charge in [-0.25, -0.2) is 0 Å². The second-order valence-electron chi connectivity index (χ2n) is 7.74. The third-order valence-corrected chi connectivity index (χ3v) is 5.50. The number of ether oxygens (including phenoxy) is 1. The molecule has 1 aliphatic rings. The highest BCUT2D eigenvalue weighted by Gasteiger charge is 2.46. The molecule has 0 bridgehead atoms. The molecule has 0 saturated carbocycles. The number of nitrogens with zero attached hydrogens (tertiary/aromatic N) is 1. The smallest absolute Gasteiger partial charge is 0.300 e. The molecule has 1 amide bonds. The summed E-state index contributed by atoms with van der Waals surface area (Å²) in [5.74, 6) is -0.830. The lowest BCUT2D eigenvalue weighted by Crippen LogP contribution is -2.29. The maximum Gasteiger partial charge on any atom is 0.300 e. The van der Waals surface area contributed by atoms with Crippen LogP contribution in [0.4, 0.5) is 5.69 Å². The summed E-state index contributed by atoms with van der Waals surface area (Å²) in [5, 5.41) is 11.2. The van der Waals surface area contributed by atoms with Crippen LogP contribution in [0.1, 0.15) is 36.1 Å². The van der Waals surface area contributed by atoms with Crippen LogP contribution in [-0.4, -0.2) is 23.4 Å². The van der Waals surface area contributed by atoms with E-state index in [4.69, 9.17) is 4.74 Å². The molecule has 3 aromatic rings. The number of Topliss-reactive ketones (excluding diaryl/α,β-unsaturated/α-hetero) is 1. The second-order valence-corrected chi connectivity index (χ2v) is 7.74. The van der Waals surface area contributed by atoms with Gasteiger partial charge in [0.25, 0.3) is 11.7 Å². The van der Waals surface area contributed by atoms with E-state index in [9.17, 15) is 14.7 Å². The number of amides is 1. The van der Waals surface area contributed by atoms with Crippen molar-refractivity contribution in [3.63, 3.8) is 0 Å². The minimum Gasteiger partial charge on any atom is -0.507 e. The number of hydrogen-bond acceptors (Lipinski definition) is 4. The molecule has 0 radical (unpaired) electrons. The van der Waals surface area contributed by atoms with Crippen LogP contribution in [0.15, 0.2) is 84.4 Å². The maximum atomic E-state index is 13.1. The van der Waals surface area contributed by atoms with E-state index in [0.717, 1.165) is 23.3 Å². The van der Waals surface area contributed by atoms with Gasteiger partial charge in [0, 0.05) is 11.3 Å². The quantitative estimate of drug-likeness (QED) is 0.324. The Bertz CT molecular complexity index is 1170. The van der Waals surface area contributed by atoms with Gasteiger partial charge in [0.1, 0.15) is 11.5 Å². The van der Waals surface area contributed by atoms with Crippen LogP contribution >= 0.6 is 0 Å². The summed E-state index contributed by atoms with van der Waals surface area (Å²) >= 11 is 0. The van der Waals surface area contributed by atoms with Crippen molar-refractivity contribution < 1.29 is 19.4 Å². The molecule has 32 heavy (non-hydrogen) atoms. The molecule has 4 rings (SSSR count). The van der Waals surface area contributed by atoms with E-state index in [0.29, 0.717) is 17.9 Å². The molecule has 1 aliphatic heterocycles. The summed E-state index contributed by atoms with van der Waals surface area (Å²) in [7, 11) is 0. The van der Waals surface area contributed by atoms with Crippen LogP contribution < -0.4 is 9.64 Å². The fourth-order valence-corrected chi connectivity index (χ4v) is 3.96. The molecule has 0 spiro atoms. The molecular weight excluding hydrogens is 402 g/mol. The van der Waals surface area contributed by atoms with Gasteiger partial charge in [-0.05, 0) is 54.8 Å². The lowest BCUT2D eigenvalue weighted by molar-refractivity contribution is -0.132. The Morgan fingerprint density at radius 1 is 0.969 bits per heavy atom. The lowest BCUT2D eigenvalue weighted by Gasteiger charge is -2.25. The Labute approximate surface area is 187 Å². The van der Waals surface area contributed by atoms with Crippen molar-refractivity contribution >= 4 is 23.1 Å². The maximum absolute atomic E-state index is 13.1. The van der Waals surface area contributed by atoms with Gasteiger partial charge in [-0.1, -0.05) is 55.5 Å². The number of aryl methyl sites for hydroxylation is 1. The molecule has 1 unspecified atom stereocenters. The highest BCUT2D eigenvalue weighted by molar-refractivity contribution is 6.51. The van der Waals surface area contributed by atoms with Crippen LogP contribution in [0.5, 0.6) is 5.75 Å². The van der Waals surface area contributed by atoms with Crippen molar-refractivity contribution in [2.24, 2.45) is 0 Å². The van der Waals surface area contributed by atoms with E-state index < -0.39 is 17.7 Å². The molecule has 3 aromatic carbocycles. The lowest BCUT2D eigenvalue weighted by atomic mass is 9.94. The number of benzene rings is 3. The van der Waals surface area contributed by atoms with Gasteiger partial charge in [0.05, 0.1) is 18.2 Å². The highest BCUT2D eigenvalue weighted by atomic mass is 16.5. The Morgan fingerprint density at radius 2 is 1.62 bits per heavy atom. The summed E-state index contributed by atoms with van der Waals surface area (Å²) in [6, 6.07) is 22.9. The fourth-order valence-electron chi connectivity index (χ4n) is 3.96. The third-order valence-electron chi connectivity index (χ3n) is 5.50. The minimum atomic E-state index is -0.727. The van der Waals surface area contributed by atoms with Crippen LogP contribution in [0.2, 0.25) is 0 Å². The van der Waals surface area contributed by atoms with Crippen molar-refractivity contribution in [2.75, 3.05) is 11.5 Å². The van der Waals surface area contributed by atoms with Gasteiger partial charge in [-0.15, -0.1) is 0 Å².